The molecule has 0 bridgehead atoms. The fourth-order valence-electron chi connectivity index (χ4n) is 2.63. The predicted molar refractivity (Wildman–Crippen MR) is 70.4 cm³/mol. The summed E-state index contributed by atoms with van der Waals surface area (Å²) >= 11 is 0. The highest BCUT2D eigenvalue weighted by atomic mass is 16.5. The fraction of sp³-hybridized carbons (Fsp3) is 1.00. The molecule has 0 aromatic carbocycles. The van der Waals surface area contributed by atoms with Crippen molar-refractivity contribution in [2.75, 3.05) is 52.4 Å². The Morgan fingerprint density at radius 1 is 1.18 bits per heavy atom. The summed E-state index contributed by atoms with van der Waals surface area (Å²) in [7, 11) is 0. The maximum absolute atomic E-state index is 5.76. The molecule has 0 amide bonds. The van der Waals surface area contributed by atoms with Crippen LogP contribution in [0.3, 0.4) is 0 Å². The van der Waals surface area contributed by atoms with Gasteiger partial charge in [-0.2, -0.15) is 0 Å². The highest BCUT2D eigenvalue weighted by Gasteiger charge is 2.27. The lowest BCUT2D eigenvalue weighted by atomic mass is 10.0. The molecule has 100 valence electrons. The van der Waals surface area contributed by atoms with Crippen LogP contribution in [0.2, 0.25) is 0 Å². The van der Waals surface area contributed by atoms with Crippen LogP contribution in [-0.2, 0) is 4.74 Å². The molecule has 0 radical (unpaired) electrons. The van der Waals surface area contributed by atoms with E-state index in [1.54, 1.807) is 0 Å². The van der Waals surface area contributed by atoms with Gasteiger partial charge in [-0.3, -0.25) is 9.80 Å². The van der Waals surface area contributed by atoms with Gasteiger partial charge in [0, 0.05) is 51.4 Å². The van der Waals surface area contributed by atoms with E-state index in [0.717, 1.165) is 26.2 Å². The van der Waals surface area contributed by atoms with E-state index in [1.165, 1.54) is 26.2 Å². The maximum Gasteiger partial charge on any atom is 0.0826 e. The van der Waals surface area contributed by atoms with Crippen LogP contribution in [0, 0.1) is 0 Å². The molecular weight excluding hydrogens is 214 g/mol. The maximum atomic E-state index is 5.76. The smallest absolute Gasteiger partial charge is 0.0826 e. The summed E-state index contributed by atoms with van der Waals surface area (Å²) in [5, 5.41) is 3.40. The molecule has 2 rings (SSSR count). The number of piperazine rings is 1. The standard InChI is InChI=1S/C13H27N3O/c1-13(2,3)16-7-5-15(6-8-16)11-12-10-14-4-9-17-12/h12,14H,4-11H2,1-3H3. The molecule has 2 saturated heterocycles. The molecule has 2 aliphatic heterocycles. The Morgan fingerprint density at radius 2 is 1.88 bits per heavy atom. The normalized spacial score (nSPS) is 29.5. The average Bonchev–Trinajstić information content (AvgIpc) is 2.30. The van der Waals surface area contributed by atoms with E-state index < -0.39 is 0 Å². The lowest BCUT2D eigenvalue weighted by Gasteiger charge is -2.43. The number of rotatable bonds is 2. The van der Waals surface area contributed by atoms with Crippen molar-refractivity contribution in [1.82, 2.24) is 15.1 Å². The van der Waals surface area contributed by atoms with Gasteiger partial charge in [0.2, 0.25) is 0 Å². The minimum absolute atomic E-state index is 0.314. The molecule has 2 aliphatic rings. The topological polar surface area (TPSA) is 27.7 Å². The molecule has 0 saturated carbocycles. The van der Waals surface area contributed by atoms with Crippen molar-refractivity contribution in [3.8, 4) is 0 Å². The zero-order chi connectivity index (χ0) is 12.3. The fourth-order valence-corrected chi connectivity index (χ4v) is 2.63. The zero-order valence-electron chi connectivity index (χ0n) is 11.5. The number of hydrogen-bond acceptors (Lipinski definition) is 4. The predicted octanol–water partition coefficient (Wildman–Crippen LogP) is 0.391. The number of ether oxygens (including phenoxy) is 1. The van der Waals surface area contributed by atoms with Gasteiger partial charge in [-0.1, -0.05) is 0 Å². The Morgan fingerprint density at radius 3 is 2.41 bits per heavy atom. The Labute approximate surface area is 105 Å². The van der Waals surface area contributed by atoms with E-state index in [1.807, 2.05) is 0 Å². The highest BCUT2D eigenvalue weighted by Crippen LogP contribution is 2.16. The first-order valence-electron chi connectivity index (χ1n) is 6.85. The first-order valence-corrected chi connectivity index (χ1v) is 6.85. The molecule has 1 atom stereocenters. The van der Waals surface area contributed by atoms with Crippen molar-refractivity contribution >= 4 is 0 Å². The van der Waals surface area contributed by atoms with Crippen molar-refractivity contribution in [1.29, 1.82) is 0 Å². The summed E-state index contributed by atoms with van der Waals surface area (Å²) in [5.74, 6) is 0. The summed E-state index contributed by atoms with van der Waals surface area (Å²) in [5.41, 5.74) is 0.314. The summed E-state index contributed by atoms with van der Waals surface area (Å²) < 4.78 is 5.76. The Balaban J connectivity index is 1.71. The average molecular weight is 241 g/mol. The first kappa shape index (κ1) is 13.3. The van der Waals surface area contributed by atoms with Gasteiger partial charge < -0.3 is 10.1 Å². The molecule has 0 spiro atoms. The van der Waals surface area contributed by atoms with Crippen LogP contribution >= 0.6 is 0 Å². The SMILES string of the molecule is CC(C)(C)N1CCN(CC2CNCCO2)CC1. The molecular formula is C13H27N3O. The van der Waals surface area contributed by atoms with Crippen LogP contribution < -0.4 is 5.32 Å². The molecule has 1 N–H and O–H groups in total. The van der Waals surface area contributed by atoms with E-state index in [2.05, 4.69) is 35.9 Å². The minimum atomic E-state index is 0.314. The monoisotopic (exact) mass is 241 g/mol. The molecule has 4 heteroatoms. The minimum Gasteiger partial charge on any atom is -0.374 e. The van der Waals surface area contributed by atoms with E-state index >= 15 is 0 Å². The second kappa shape index (κ2) is 5.65. The van der Waals surface area contributed by atoms with Gasteiger partial charge in [0.1, 0.15) is 0 Å². The number of nitrogens with zero attached hydrogens (tertiary/aromatic N) is 2. The van der Waals surface area contributed by atoms with Crippen molar-refractivity contribution in [2.45, 2.75) is 32.4 Å². The quantitative estimate of drug-likeness (QED) is 0.757. The second-order valence-electron chi connectivity index (χ2n) is 6.16. The summed E-state index contributed by atoms with van der Waals surface area (Å²) in [6.45, 7) is 15.6. The lowest BCUT2D eigenvalue weighted by molar-refractivity contribution is -0.0124. The van der Waals surface area contributed by atoms with Gasteiger partial charge >= 0.3 is 0 Å². The van der Waals surface area contributed by atoms with Gasteiger partial charge in [-0.25, -0.2) is 0 Å². The molecule has 0 aromatic heterocycles. The third-order valence-electron chi connectivity index (χ3n) is 3.79. The van der Waals surface area contributed by atoms with Crippen LogP contribution in [0.4, 0.5) is 0 Å². The number of morpholine rings is 1. The summed E-state index contributed by atoms with van der Waals surface area (Å²) in [6, 6.07) is 0. The first-order chi connectivity index (χ1) is 8.05. The van der Waals surface area contributed by atoms with E-state index in [9.17, 15) is 0 Å². The van der Waals surface area contributed by atoms with Crippen LogP contribution in [0.5, 0.6) is 0 Å². The van der Waals surface area contributed by atoms with Gasteiger partial charge in [-0.15, -0.1) is 0 Å². The van der Waals surface area contributed by atoms with Gasteiger partial charge in [0.15, 0.2) is 0 Å². The van der Waals surface area contributed by atoms with Gasteiger partial charge in [-0.05, 0) is 20.8 Å². The van der Waals surface area contributed by atoms with Gasteiger partial charge in [0.05, 0.1) is 12.7 Å². The zero-order valence-corrected chi connectivity index (χ0v) is 11.5. The Hall–Kier alpha value is -0.160. The molecule has 17 heavy (non-hydrogen) atoms. The van der Waals surface area contributed by atoms with E-state index in [4.69, 9.17) is 4.74 Å². The van der Waals surface area contributed by atoms with Crippen LogP contribution in [0.1, 0.15) is 20.8 Å². The second-order valence-corrected chi connectivity index (χ2v) is 6.16. The molecule has 4 nitrogen and oxygen atoms in total. The molecule has 1 unspecified atom stereocenters. The van der Waals surface area contributed by atoms with Crippen LogP contribution in [0.15, 0.2) is 0 Å². The number of nitrogens with one attached hydrogen (secondary N) is 1. The number of hydrogen-bond donors (Lipinski definition) is 1. The Bertz CT molecular complexity index is 225. The summed E-state index contributed by atoms with van der Waals surface area (Å²) in [4.78, 5) is 5.11. The summed E-state index contributed by atoms with van der Waals surface area (Å²) in [6.07, 6.45) is 0.393. The lowest BCUT2D eigenvalue weighted by Crippen LogP contribution is -2.55. The highest BCUT2D eigenvalue weighted by molar-refractivity contribution is 4.83. The van der Waals surface area contributed by atoms with Crippen molar-refractivity contribution in [2.24, 2.45) is 0 Å². The van der Waals surface area contributed by atoms with Crippen molar-refractivity contribution in [3.63, 3.8) is 0 Å². The van der Waals surface area contributed by atoms with E-state index in [-0.39, 0.29) is 0 Å². The van der Waals surface area contributed by atoms with Crippen LogP contribution in [-0.4, -0.2) is 73.9 Å². The molecule has 2 fully saturated rings. The molecule has 0 aliphatic carbocycles. The van der Waals surface area contributed by atoms with Gasteiger partial charge in [0.25, 0.3) is 0 Å². The molecule has 0 aromatic rings. The largest absolute Gasteiger partial charge is 0.374 e. The van der Waals surface area contributed by atoms with Crippen LogP contribution in [0.25, 0.3) is 0 Å². The molecule has 2 heterocycles. The van der Waals surface area contributed by atoms with E-state index in [0.29, 0.717) is 11.6 Å². The van der Waals surface area contributed by atoms with Crippen molar-refractivity contribution < 1.29 is 4.74 Å². The Kier molecular flexibility index (Phi) is 4.42. The third-order valence-corrected chi connectivity index (χ3v) is 3.79. The van der Waals surface area contributed by atoms with Crippen molar-refractivity contribution in [3.05, 3.63) is 0 Å². The third kappa shape index (κ3) is 3.91.